The largest absolute Gasteiger partial charge is 0.383 e. The van der Waals surface area contributed by atoms with E-state index in [9.17, 15) is 4.79 Å². The van der Waals surface area contributed by atoms with Gasteiger partial charge in [-0.1, -0.05) is 30.3 Å². The second-order valence-electron chi connectivity index (χ2n) is 3.69. The Labute approximate surface area is 93.2 Å². The smallest absolute Gasteiger partial charge is 0.255 e. The Kier molecular flexibility index (Phi) is 2.72. The molecule has 16 heavy (non-hydrogen) atoms. The number of hydrogen-bond acceptors (Lipinski definition) is 3. The van der Waals surface area contributed by atoms with Crippen molar-refractivity contribution in [2.75, 3.05) is 5.73 Å². The third-order valence-corrected chi connectivity index (χ3v) is 2.45. The molecule has 3 N–H and O–H groups in total. The standard InChI is InChI=1S/C12H13N3O/c1-8-11(13)14-10(15-12(8)16)7-9-5-3-2-4-6-9/h2-6H,7H2,1H3,(H3,13,14,15,16). The number of nitrogens with two attached hydrogens (primary N) is 1. The maximum Gasteiger partial charge on any atom is 0.255 e. The molecule has 0 spiro atoms. The van der Waals surface area contributed by atoms with Gasteiger partial charge in [0.15, 0.2) is 0 Å². The van der Waals surface area contributed by atoms with Crippen molar-refractivity contribution < 1.29 is 0 Å². The number of nitrogen functional groups attached to an aromatic ring is 1. The van der Waals surface area contributed by atoms with Crippen LogP contribution in [0.1, 0.15) is 17.0 Å². The van der Waals surface area contributed by atoms with Crippen LogP contribution in [0.2, 0.25) is 0 Å². The van der Waals surface area contributed by atoms with Crippen LogP contribution < -0.4 is 11.3 Å². The molecule has 1 heterocycles. The molecule has 0 aliphatic rings. The van der Waals surface area contributed by atoms with Gasteiger partial charge in [0.2, 0.25) is 0 Å². The Morgan fingerprint density at radius 2 is 2.00 bits per heavy atom. The van der Waals surface area contributed by atoms with E-state index in [0.717, 1.165) is 5.56 Å². The highest BCUT2D eigenvalue weighted by molar-refractivity contribution is 5.36. The molecule has 4 heteroatoms. The van der Waals surface area contributed by atoms with Crippen molar-refractivity contribution in [1.82, 2.24) is 9.97 Å². The number of H-pyrrole nitrogens is 1. The van der Waals surface area contributed by atoms with Crippen LogP contribution in [-0.2, 0) is 6.42 Å². The van der Waals surface area contributed by atoms with E-state index in [2.05, 4.69) is 9.97 Å². The predicted octanol–water partition coefficient (Wildman–Crippen LogP) is 1.25. The van der Waals surface area contributed by atoms with Gasteiger partial charge in [0.25, 0.3) is 5.56 Å². The van der Waals surface area contributed by atoms with Crippen LogP contribution in [0.5, 0.6) is 0 Å². The number of aromatic nitrogens is 2. The van der Waals surface area contributed by atoms with Gasteiger partial charge in [0, 0.05) is 6.42 Å². The Morgan fingerprint density at radius 1 is 1.31 bits per heavy atom. The quantitative estimate of drug-likeness (QED) is 0.792. The summed E-state index contributed by atoms with van der Waals surface area (Å²) in [5, 5.41) is 0. The average molecular weight is 215 g/mol. The fraction of sp³-hybridized carbons (Fsp3) is 0.167. The van der Waals surface area contributed by atoms with Crippen LogP contribution in [0.25, 0.3) is 0 Å². The van der Waals surface area contributed by atoms with E-state index < -0.39 is 0 Å². The lowest BCUT2D eigenvalue weighted by atomic mass is 10.1. The van der Waals surface area contributed by atoms with E-state index >= 15 is 0 Å². The summed E-state index contributed by atoms with van der Waals surface area (Å²) in [6.07, 6.45) is 0.584. The Hall–Kier alpha value is -2.10. The lowest BCUT2D eigenvalue weighted by Crippen LogP contribution is -2.17. The van der Waals surface area contributed by atoms with Crippen LogP contribution in [0.15, 0.2) is 35.1 Å². The van der Waals surface area contributed by atoms with Crippen molar-refractivity contribution in [3.8, 4) is 0 Å². The summed E-state index contributed by atoms with van der Waals surface area (Å²) < 4.78 is 0. The number of anilines is 1. The van der Waals surface area contributed by atoms with Crippen molar-refractivity contribution in [1.29, 1.82) is 0 Å². The van der Waals surface area contributed by atoms with Crippen LogP contribution in [0, 0.1) is 6.92 Å². The topological polar surface area (TPSA) is 71.8 Å². The molecule has 2 aromatic rings. The van der Waals surface area contributed by atoms with Gasteiger partial charge < -0.3 is 10.7 Å². The van der Waals surface area contributed by atoms with E-state index in [-0.39, 0.29) is 5.56 Å². The molecular formula is C12H13N3O. The third kappa shape index (κ3) is 2.11. The van der Waals surface area contributed by atoms with Crippen molar-refractivity contribution in [3.05, 3.63) is 57.6 Å². The van der Waals surface area contributed by atoms with E-state index in [1.807, 2.05) is 30.3 Å². The minimum atomic E-state index is -0.168. The van der Waals surface area contributed by atoms with E-state index in [1.165, 1.54) is 0 Å². The zero-order valence-corrected chi connectivity index (χ0v) is 9.03. The first-order valence-electron chi connectivity index (χ1n) is 5.06. The Bertz CT molecular complexity index is 546. The molecule has 0 atom stereocenters. The van der Waals surface area contributed by atoms with Crippen molar-refractivity contribution in [3.63, 3.8) is 0 Å². The average Bonchev–Trinajstić information content (AvgIpc) is 2.27. The number of hydrogen-bond donors (Lipinski definition) is 2. The Morgan fingerprint density at radius 3 is 2.62 bits per heavy atom. The fourth-order valence-electron chi connectivity index (χ4n) is 1.47. The van der Waals surface area contributed by atoms with Crippen molar-refractivity contribution in [2.45, 2.75) is 13.3 Å². The SMILES string of the molecule is Cc1c(N)nc(Cc2ccccc2)[nH]c1=O. The summed E-state index contributed by atoms with van der Waals surface area (Å²) in [7, 11) is 0. The molecule has 2 rings (SSSR count). The molecule has 0 amide bonds. The molecule has 4 nitrogen and oxygen atoms in total. The third-order valence-electron chi connectivity index (χ3n) is 2.45. The van der Waals surface area contributed by atoms with Gasteiger partial charge in [0.1, 0.15) is 11.6 Å². The number of nitrogens with one attached hydrogen (secondary N) is 1. The molecule has 0 unspecified atom stereocenters. The highest BCUT2D eigenvalue weighted by atomic mass is 16.1. The number of benzene rings is 1. The maximum absolute atomic E-state index is 11.5. The molecule has 0 aliphatic heterocycles. The highest BCUT2D eigenvalue weighted by Crippen LogP contribution is 2.06. The minimum absolute atomic E-state index is 0.168. The van der Waals surface area contributed by atoms with Crippen LogP contribution in [0.3, 0.4) is 0 Å². The normalized spacial score (nSPS) is 10.3. The van der Waals surface area contributed by atoms with Crippen molar-refractivity contribution in [2.24, 2.45) is 0 Å². The first-order valence-corrected chi connectivity index (χ1v) is 5.06. The zero-order valence-electron chi connectivity index (χ0n) is 9.03. The van der Waals surface area contributed by atoms with Gasteiger partial charge in [-0.2, -0.15) is 0 Å². The van der Waals surface area contributed by atoms with Gasteiger partial charge >= 0.3 is 0 Å². The predicted molar refractivity (Wildman–Crippen MR) is 63.3 cm³/mol. The molecule has 1 aromatic heterocycles. The summed E-state index contributed by atoms with van der Waals surface area (Å²) in [6.45, 7) is 1.66. The molecule has 0 fully saturated rings. The number of aromatic amines is 1. The van der Waals surface area contributed by atoms with Crippen LogP contribution in [-0.4, -0.2) is 9.97 Å². The summed E-state index contributed by atoms with van der Waals surface area (Å²) in [5.41, 5.74) is 7.04. The lowest BCUT2D eigenvalue weighted by Gasteiger charge is -2.03. The molecule has 82 valence electrons. The van der Waals surface area contributed by atoms with E-state index in [0.29, 0.717) is 23.6 Å². The van der Waals surface area contributed by atoms with Crippen molar-refractivity contribution >= 4 is 5.82 Å². The number of rotatable bonds is 2. The molecule has 0 radical (unpaired) electrons. The molecular weight excluding hydrogens is 202 g/mol. The zero-order chi connectivity index (χ0) is 11.5. The second-order valence-corrected chi connectivity index (χ2v) is 3.69. The summed E-state index contributed by atoms with van der Waals surface area (Å²) in [5.74, 6) is 0.897. The summed E-state index contributed by atoms with van der Waals surface area (Å²) in [4.78, 5) is 18.3. The monoisotopic (exact) mass is 215 g/mol. The maximum atomic E-state index is 11.5. The molecule has 0 saturated carbocycles. The first kappa shape index (κ1) is 10.4. The van der Waals surface area contributed by atoms with Gasteiger partial charge in [-0.05, 0) is 12.5 Å². The molecule has 1 aromatic carbocycles. The van der Waals surface area contributed by atoms with Gasteiger partial charge in [-0.15, -0.1) is 0 Å². The fourth-order valence-corrected chi connectivity index (χ4v) is 1.47. The Balaban J connectivity index is 2.33. The number of nitrogens with zero attached hydrogens (tertiary/aromatic N) is 1. The van der Waals surface area contributed by atoms with Crippen LogP contribution in [0.4, 0.5) is 5.82 Å². The summed E-state index contributed by atoms with van der Waals surface area (Å²) in [6, 6.07) is 9.81. The van der Waals surface area contributed by atoms with E-state index in [1.54, 1.807) is 6.92 Å². The van der Waals surface area contributed by atoms with Gasteiger partial charge in [-0.25, -0.2) is 4.98 Å². The molecule has 0 bridgehead atoms. The molecule has 0 saturated heterocycles. The van der Waals surface area contributed by atoms with Gasteiger partial charge in [-0.3, -0.25) is 4.79 Å². The molecule has 0 aliphatic carbocycles. The van der Waals surface area contributed by atoms with E-state index in [4.69, 9.17) is 5.73 Å². The minimum Gasteiger partial charge on any atom is -0.383 e. The van der Waals surface area contributed by atoms with Gasteiger partial charge in [0.05, 0.1) is 5.56 Å². The lowest BCUT2D eigenvalue weighted by molar-refractivity contribution is 0.938. The first-order chi connectivity index (χ1) is 7.66. The van der Waals surface area contributed by atoms with Crippen LogP contribution >= 0.6 is 0 Å². The summed E-state index contributed by atoms with van der Waals surface area (Å²) >= 11 is 0. The highest BCUT2D eigenvalue weighted by Gasteiger charge is 2.04. The second kappa shape index (κ2) is 4.18.